The lowest BCUT2D eigenvalue weighted by Crippen LogP contribution is -2.47. The van der Waals surface area contributed by atoms with E-state index in [1.54, 1.807) is 22.7 Å². The van der Waals surface area contributed by atoms with Crippen LogP contribution in [-0.4, -0.2) is 48.9 Å². The number of nitrogens with two attached hydrogens (primary N) is 1. The van der Waals surface area contributed by atoms with Crippen molar-refractivity contribution in [1.29, 1.82) is 5.41 Å². The van der Waals surface area contributed by atoms with E-state index < -0.39 is 15.2 Å². The number of thioether (sulfide) groups is 1. The van der Waals surface area contributed by atoms with Gasteiger partial charge < -0.3 is 10.6 Å². The minimum Gasteiger partial charge on any atom is -0.384 e. The highest BCUT2D eigenvalue weighted by Gasteiger charge is 2.33. The molecule has 3 N–H and O–H groups in total. The van der Waals surface area contributed by atoms with E-state index in [9.17, 15) is 8.42 Å². The third-order valence-corrected chi connectivity index (χ3v) is 6.03. The predicted octanol–water partition coefficient (Wildman–Crippen LogP) is 0.943. The highest BCUT2D eigenvalue weighted by molar-refractivity contribution is 8.01. The molecule has 0 bridgehead atoms. The van der Waals surface area contributed by atoms with Gasteiger partial charge in [-0.3, -0.25) is 5.41 Å². The highest BCUT2D eigenvalue weighted by Crippen LogP contribution is 2.32. The number of pyridine rings is 1. The summed E-state index contributed by atoms with van der Waals surface area (Å²) in [5, 5.41) is 7.05. The van der Waals surface area contributed by atoms with Crippen molar-refractivity contribution in [2.75, 3.05) is 29.2 Å². The van der Waals surface area contributed by atoms with E-state index in [-0.39, 0.29) is 10.9 Å². The molecule has 1 unspecified atom stereocenters. The number of nitrogens with one attached hydrogen (secondary N) is 1. The summed E-state index contributed by atoms with van der Waals surface area (Å²) in [4.78, 5) is 5.86. The van der Waals surface area contributed by atoms with Crippen LogP contribution in [0.4, 0.5) is 5.82 Å². The Morgan fingerprint density at radius 1 is 1.65 bits per heavy atom. The Kier molecular flexibility index (Phi) is 4.46. The zero-order chi connectivity index (χ0) is 14.9. The van der Waals surface area contributed by atoms with E-state index in [1.807, 2.05) is 0 Å². The molecule has 2 heterocycles. The summed E-state index contributed by atoms with van der Waals surface area (Å²) in [6.45, 7) is 0.538. The van der Waals surface area contributed by atoms with Gasteiger partial charge in [0, 0.05) is 36.1 Å². The molecule has 1 aliphatic rings. The van der Waals surface area contributed by atoms with Crippen molar-refractivity contribution in [3.05, 3.63) is 22.8 Å². The smallest absolute Gasteiger partial charge is 0.169 e. The number of halogens is 1. The number of amidine groups is 1. The molecule has 1 aromatic rings. The van der Waals surface area contributed by atoms with Gasteiger partial charge in [0.2, 0.25) is 0 Å². The van der Waals surface area contributed by atoms with Crippen LogP contribution in [0.5, 0.6) is 0 Å². The molecule has 0 radical (unpaired) electrons. The van der Waals surface area contributed by atoms with Gasteiger partial charge in [0.15, 0.2) is 9.84 Å². The number of aromatic nitrogens is 1. The van der Waals surface area contributed by atoms with Gasteiger partial charge in [0.1, 0.15) is 17.0 Å². The molecule has 0 spiro atoms. The Morgan fingerprint density at radius 2 is 2.35 bits per heavy atom. The van der Waals surface area contributed by atoms with Crippen LogP contribution < -0.4 is 10.6 Å². The monoisotopic (exact) mass is 334 g/mol. The molecular formula is C11H15ClN4O2S2. The molecule has 0 aliphatic carbocycles. The molecule has 1 aliphatic heterocycles. The molecule has 9 heteroatoms. The van der Waals surface area contributed by atoms with Crippen molar-refractivity contribution in [2.24, 2.45) is 5.73 Å². The minimum atomic E-state index is -3.25. The van der Waals surface area contributed by atoms with Crippen molar-refractivity contribution in [3.63, 3.8) is 0 Å². The number of nitrogens with zero attached hydrogens (tertiary/aromatic N) is 2. The largest absolute Gasteiger partial charge is 0.384 e. The first-order chi connectivity index (χ1) is 9.32. The fourth-order valence-electron chi connectivity index (χ4n) is 2.02. The van der Waals surface area contributed by atoms with E-state index in [0.717, 1.165) is 5.75 Å². The summed E-state index contributed by atoms with van der Waals surface area (Å²) in [5.74, 6) is 1.48. The molecule has 1 aromatic heterocycles. The zero-order valence-electron chi connectivity index (χ0n) is 10.8. The van der Waals surface area contributed by atoms with Gasteiger partial charge in [-0.2, -0.15) is 11.8 Å². The molecule has 1 atom stereocenters. The number of anilines is 1. The number of nitrogen functional groups attached to an aromatic ring is 1. The second-order valence-electron chi connectivity index (χ2n) is 4.46. The molecule has 20 heavy (non-hydrogen) atoms. The Balaban J connectivity index is 2.48. The van der Waals surface area contributed by atoms with Crippen LogP contribution in [0.15, 0.2) is 12.3 Å². The number of hydrogen-bond acceptors (Lipinski definition) is 6. The first kappa shape index (κ1) is 15.4. The Bertz CT molecular complexity index is 635. The molecule has 6 nitrogen and oxygen atoms in total. The number of hydrogen-bond donors (Lipinski definition) is 2. The highest BCUT2D eigenvalue weighted by atomic mass is 35.5. The fourth-order valence-corrected chi connectivity index (χ4v) is 5.16. The van der Waals surface area contributed by atoms with Gasteiger partial charge in [0.25, 0.3) is 0 Å². The number of rotatable bonds is 3. The second kappa shape index (κ2) is 5.79. The summed E-state index contributed by atoms with van der Waals surface area (Å²) >= 11 is 7.81. The summed E-state index contributed by atoms with van der Waals surface area (Å²) in [6, 6.07) is 1.54. The number of sulfone groups is 1. The van der Waals surface area contributed by atoms with E-state index >= 15 is 0 Å². The Labute approximate surface area is 127 Å². The van der Waals surface area contributed by atoms with Crippen molar-refractivity contribution in [1.82, 2.24) is 4.98 Å². The third-order valence-electron chi connectivity index (χ3n) is 3.01. The van der Waals surface area contributed by atoms with Gasteiger partial charge in [-0.05, 0) is 6.07 Å². The maximum atomic E-state index is 11.9. The van der Waals surface area contributed by atoms with Crippen LogP contribution in [0.25, 0.3) is 0 Å². The Morgan fingerprint density at radius 3 is 2.95 bits per heavy atom. The lowest BCUT2D eigenvalue weighted by molar-refractivity contribution is 0.583. The summed E-state index contributed by atoms with van der Waals surface area (Å²) in [6.07, 6.45) is 2.69. The molecule has 1 saturated heterocycles. The SMILES string of the molecule is CS(=O)(=O)C1CSCCN1c1nccc(C(=N)N)c1Cl. The standard InChI is InChI=1S/C11H15ClN4O2S2/c1-20(17,18)8-6-19-5-4-16(8)11-9(12)7(10(13)14)2-3-15-11/h2-3,8H,4-6H2,1H3,(H3,13,14). The molecule has 110 valence electrons. The van der Waals surface area contributed by atoms with Gasteiger partial charge in [-0.1, -0.05) is 11.6 Å². The molecule has 2 rings (SSSR count). The molecule has 0 amide bonds. The maximum Gasteiger partial charge on any atom is 0.169 e. The van der Waals surface area contributed by atoms with Crippen LogP contribution in [0.3, 0.4) is 0 Å². The second-order valence-corrected chi connectivity index (χ2v) is 8.19. The van der Waals surface area contributed by atoms with Gasteiger partial charge in [-0.15, -0.1) is 0 Å². The van der Waals surface area contributed by atoms with Gasteiger partial charge in [-0.25, -0.2) is 13.4 Å². The fraction of sp³-hybridized carbons (Fsp3) is 0.455. The van der Waals surface area contributed by atoms with E-state index in [4.69, 9.17) is 22.7 Å². The maximum absolute atomic E-state index is 11.9. The molecule has 0 aromatic carbocycles. The predicted molar refractivity (Wildman–Crippen MR) is 83.6 cm³/mol. The van der Waals surface area contributed by atoms with Gasteiger partial charge in [0.05, 0.1) is 5.02 Å². The topological polar surface area (TPSA) is 100 Å². The van der Waals surface area contributed by atoms with E-state index in [0.29, 0.717) is 23.7 Å². The molecule has 0 saturated carbocycles. The van der Waals surface area contributed by atoms with Crippen molar-refractivity contribution < 1.29 is 8.42 Å². The van der Waals surface area contributed by atoms with Crippen molar-refractivity contribution >= 4 is 44.9 Å². The quantitative estimate of drug-likeness (QED) is 0.630. The third kappa shape index (κ3) is 3.02. The van der Waals surface area contributed by atoms with Crippen LogP contribution >= 0.6 is 23.4 Å². The average molecular weight is 335 g/mol. The summed E-state index contributed by atoms with van der Waals surface area (Å²) in [5.41, 5.74) is 5.83. The normalized spacial score (nSPS) is 19.9. The van der Waals surface area contributed by atoms with Crippen LogP contribution in [0.2, 0.25) is 5.02 Å². The van der Waals surface area contributed by atoms with Crippen LogP contribution in [0.1, 0.15) is 5.56 Å². The summed E-state index contributed by atoms with van der Waals surface area (Å²) < 4.78 is 23.8. The van der Waals surface area contributed by atoms with E-state index in [2.05, 4.69) is 4.98 Å². The van der Waals surface area contributed by atoms with Crippen molar-refractivity contribution in [3.8, 4) is 0 Å². The summed E-state index contributed by atoms with van der Waals surface area (Å²) in [7, 11) is -3.25. The van der Waals surface area contributed by atoms with Crippen LogP contribution in [-0.2, 0) is 9.84 Å². The first-order valence-electron chi connectivity index (χ1n) is 5.84. The van der Waals surface area contributed by atoms with Crippen LogP contribution in [0, 0.1) is 5.41 Å². The van der Waals surface area contributed by atoms with Gasteiger partial charge >= 0.3 is 0 Å². The zero-order valence-corrected chi connectivity index (χ0v) is 13.2. The Hall–Kier alpha value is -0.990. The lowest BCUT2D eigenvalue weighted by atomic mass is 10.2. The van der Waals surface area contributed by atoms with E-state index in [1.165, 1.54) is 12.5 Å². The molecular weight excluding hydrogens is 320 g/mol. The lowest BCUT2D eigenvalue weighted by Gasteiger charge is -2.35. The first-order valence-corrected chi connectivity index (χ1v) is 9.33. The minimum absolute atomic E-state index is 0.166. The van der Waals surface area contributed by atoms with Crippen molar-refractivity contribution in [2.45, 2.75) is 5.37 Å². The molecule has 1 fully saturated rings. The average Bonchev–Trinajstić information content (AvgIpc) is 2.37.